The summed E-state index contributed by atoms with van der Waals surface area (Å²) in [5, 5.41) is 7.23. The summed E-state index contributed by atoms with van der Waals surface area (Å²) in [5.74, 6) is -0.121. The van der Waals surface area contributed by atoms with Crippen LogP contribution in [0.3, 0.4) is 0 Å². The number of hydrogen-bond acceptors (Lipinski definition) is 2. The molecule has 1 aromatic rings. The van der Waals surface area contributed by atoms with E-state index in [0.717, 1.165) is 12.0 Å². The first-order valence-corrected chi connectivity index (χ1v) is 8.03. The average Bonchev–Trinajstić information content (AvgIpc) is 2.54. The van der Waals surface area contributed by atoms with E-state index < -0.39 is 0 Å². The van der Waals surface area contributed by atoms with Gasteiger partial charge in [0.15, 0.2) is 13.1 Å². The number of aryl methyl sites for hydroxylation is 2. The number of likely N-dealkylation sites (N-methyl/N-ethyl adjacent to an activating group) is 1. The zero-order chi connectivity index (χ0) is 15.9. The van der Waals surface area contributed by atoms with E-state index in [2.05, 4.69) is 28.8 Å². The Bertz CT molecular complexity index is 543. The lowest BCUT2D eigenvalue weighted by Crippen LogP contribution is -2.88. The lowest BCUT2D eigenvalue weighted by molar-refractivity contribution is -0.633. The van der Waals surface area contributed by atoms with E-state index in [1.54, 1.807) is 12.4 Å². The summed E-state index contributed by atoms with van der Waals surface area (Å²) >= 11 is 0. The number of fused-ring (bicyclic) bond motifs is 1. The predicted octanol–water partition coefficient (Wildman–Crippen LogP) is 0.0520. The zero-order valence-electron chi connectivity index (χ0n) is 13.4. The molecule has 1 atom stereocenters. The van der Waals surface area contributed by atoms with Crippen LogP contribution < -0.4 is 16.0 Å². The van der Waals surface area contributed by atoms with E-state index in [1.165, 1.54) is 30.4 Å². The smallest absolute Gasteiger partial charge is 0.275 e. The third-order valence-corrected chi connectivity index (χ3v) is 4.19. The van der Waals surface area contributed by atoms with E-state index in [9.17, 15) is 9.59 Å². The fourth-order valence-corrected chi connectivity index (χ4v) is 2.84. The van der Waals surface area contributed by atoms with Crippen molar-refractivity contribution in [3.63, 3.8) is 0 Å². The number of hydrogen-bond donors (Lipinski definition) is 3. The number of quaternary nitrogens is 1. The van der Waals surface area contributed by atoms with Gasteiger partial charge in [0.05, 0.1) is 6.04 Å². The average molecular weight is 304 g/mol. The van der Waals surface area contributed by atoms with Crippen molar-refractivity contribution in [3.05, 3.63) is 34.9 Å². The van der Waals surface area contributed by atoms with E-state index >= 15 is 0 Å². The summed E-state index contributed by atoms with van der Waals surface area (Å²) in [6.07, 6.45) is 4.85. The minimum absolute atomic E-state index is 0.00636. The molecule has 5 nitrogen and oxygen atoms in total. The summed E-state index contributed by atoms with van der Waals surface area (Å²) in [5.41, 5.74) is 4.03. The summed E-state index contributed by atoms with van der Waals surface area (Å²) in [4.78, 5) is 23.0. The normalized spacial score (nSPS) is 14.8. The molecular weight excluding hydrogens is 278 g/mol. The lowest BCUT2D eigenvalue weighted by Gasteiger charge is -2.19. The highest BCUT2D eigenvalue weighted by molar-refractivity contribution is 5.78. The molecule has 0 unspecified atom stereocenters. The van der Waals surface area contributed by atoms with Gasteiger partial charge in [-0.1, -0.05) is 18.2 Å². The maximum absolute atomic E-state index is 11.9. The fourth-order valence-electron chi connectivity index (χ4n) is 2.84. The lowest BCUT2D eigenvalue weighted by atomic mass is 9.89. The van der Waals surface area contributed by atoms with Crippen molar-refractivity contribution in [1.29, 1.82) is 0 Å². The summed E-state index contributed by atoms with van der Waals surface area (Å²) in [6.45, 7) is 2.54. The van der Waals surface area contributed by atoms with Crippen LogP contribution in [0.1, 0.15) is 42.5 Å². The Kier molecular flexibility index (Phi) is 5.95. The van der Waals surface area contributed by atoms with Crippen molar-refractivity contribution in [2.45, 2.75) is 38.6 Å². The van der Waals surface area contributed by atoms with Gasteiger partial charge in [-0.3, -0.25) is 9.59 Å². The van der Waals surface area contributed by atoms with E-state index in [4.69, 9.17) is 0 Å². The standard InChI is InChI=1S/C17H25N3O2/c1-12(20-17(22)11-19-10-16(21)18-2)14-8-7-13-5-3-4-6-15(13)9-14/h7-9,12,19H,3-6,10-11H2,1-2H3,(H,18,21)(H,20,22)/p+1/t12-/m0/s1. The molecular formula is C17H26N3O2+. The minimum atomic E-state index is -0.0736. The molecule has 0 radical (unpaired) electrons. The Morgan fingerprint density at radius 3 is 2.55 bits per heavy atom. The SMILES string of the molecule is CNC(=O)C[NH2+]CC(=O)N[C@@H](C)c1ccc2c(c1)CCCC2. The summed E-state index contributed by atoms with van der Waals surface area (Å²) in [7, 11) is 1.59. The Balaban J connectivity index is 1.85. The zero-order valence-corrected chi connectivity index (χ0v) is 13.4. The molecule has 4 N–H and O–H groups in total. The number of amides is 2. The molecule has 0 spiro atoms. The summed E-state index contributed by atoms with van der Waals surface area (Å²) in [6, 6.07) is 6.54. The van der Waals surface area contributed by atoms with Crippen LogP contribution in [-0.2, 0) is 22.4 Å². The van der Waals surface area contributed by atoms with Crippen LogP contribution in [0.25, 0.3) is 0 Å². The molecule has 2 rings (SSSR count). The molecule has 120 valence electrons. The third kappa shape index (κ3) is 4.56. The van der Waals surface area contributed by atoms with Crippen LogP contribution in [0.4, 0.5) is 0 Å². The minimum Gasteiger partial charge on any atom is -0.354 e. The van der Waals surface area contributed by atoms with Gasteiger partial charge in [0.1, 0.15) is 0 Å². The fraction of sp³-hybridized carbons (Fsp3) is 0.529. The molecule has 0 aliphatic heterocycles. The third-order valence-electron chi connectivity index (χ3n) is 4.19. The van der Waals surface area contributed by atoms with Crippen LogP contribution in [0.2, 0.25) is 0 Å². The molecule has 1 aromatic carbocycles. The van der Waals surface area contributed by atoms with E-state index in [-0.39, 0.29) is 30.9 Å². The largest absolute Gasteiger partial charge is 0.354 e. The van der Waals surface area contributed by atoms with Crippen molar-refractivity contribution in [3.8, 4) is 0 Å². The molecule has 5 heteroatoms. The van der Waals surface area contributed by atoms with E-state index in [0.29, 0.717) is 0 Å². The molecule has 0 aromatic heterocycles. The van der Waals surface area contributed by atoms with Gasteiger partial charge in [0.2, 0.25) is 0 Å². The van der Waals surface area contributed by atoms with Gasteiger partial charge in [-0.25, -0.2) is 0 Å². The van der Waals surface area contributed by atoms with Gasteiger partial charge < -0.3 is 16.0 Å². The van der Waals surface area contributed by atoms with Crippen molar-refractivity contribution < 1.29 is 14.9 Å². The first-order valence-electron chi connectivity index (χ1n) is 8.03. The Morgan fingerprint density at radius 2 is 1.82 bits per heavy atom. The van der Waals surface area contributed by atoms with Crippen molar-refractivity contribution in [1.82, 2.24) is 10.6 Å². The topological polar surface area (TPSA) is 74.8 Å². The molecule has 1 aliphatic rings. The number of nitrogens with one attached hydrogen (secondary N) is 2. The second-order valence-corrected chi connectivity index (χ2v) is 5.89. The molecule has 22 heavy (non-hydrogen) atoms. The summed E-state index contributed by atoms with van der Waals surface area (Å²) < 4.78 is 0. The number of rotatable bonds is 6. The van der Waals surface area contributed by atoms with Crippen LogP contribution in [0.5, 0.6) is 0 Å². The maximum atomic E-state index is 11.9. The molecule has 0 saturated carbocycles. The van der Waals surface area contributed by atoms with Crippen LogP contribution in [0, 0.1) is 0 Å². The van der Waals surface area contributed by atoms with Crippen molar-refractivity contribution in [2.75, 3.05) is 20.1 Å². The number of benzene rings is 1. The van der Waals surface area contributed by atoms with Gasteiger partial charge in [-0.2, -0.15) is 0 Å². The van der Waals surface area contributed by atoms with Gasteiger partial charge in [-0.05, 0) is 49.3 Å². The second-order valence-electron chi connectivity index (χ2n) is 5.89. The van der Waals surface area contributed by atoms with Crippen molar-refractivity contribution >= 4 is 11.8 Å². The van der Waals surface area contributed by atoms with Gasteiger partial charge in [-0.15, -0.1) is 0 Å². The molecule has 2 amide bonds. The highest BCUT2D eigenvalue weighted by atomic mass is 16.2. The Labute approximate surface area is 131 Å². The molecule has 0 saturated heterocycles. The first kappa shape index (κ1) is 16.5. The Morgan fingerprint density at radius 1 is 1.14 bits per heavy atom. The van der Waals surface area contributed by atoms with Crippen LogP contribution in [0.15, 0.2) is 18.2 Å². The second kappa shape index (κ2) is 7.94. The maximum Gasteiger partial charge on any atom is 0.275 e. The first-order chi connectivity index (χ1) is 10.6. The van der Waals surface area contributed by atoms with Crippen molar-refractivity contribution in [2.24, 2.45) is 0 Å². The number of nitrogens with two attached hydrogens (primary N) is 1. The Hall–Kier alpha value is -1.88. The quantitative estimate of drug-likeness (QED) is 0.695. The van der Waals surface area contributed by atoms with Gasteiger partial charge in [0, 0.05) is 7.05 Å². The number of carbonyl (C=O) groups is 2. The monoisotopic (exact) mass is 304 g/mol. The van der Waals surface area contributed by atoms with E-state index in [1.807, 2.05) is 6.92 Å². The number of carbonyl (C=O) groups excluding carboxylic acids is 2. The van der Waals surface area contributed by atoms with Gasteiger partial charge >= 0.3 is 0 Å². The molecule has 0 heterocycles. The highest BCUT2D eigenvalue weighted by Crippen LogP contribution is 2.24. The van der Waals surface area contributed by atoms with Crippen LogP contribution in [-0.4, -0.2) is 32.0 Å². The molecule has 0 fully saturated rings. The van der Waals surface area contributed by atoms with Gasteiger partial charge in [0.25, 0.3) is 11.8 Å². The molecule has 0 bridgehead atoms. The predicted molar refractivity (Wildman–Crippen MR) is 85.4 cm³/mol. The highest BCUT2D eigenvalue weighted by Gasteiger charge is 2.15. The molecule has 1 aliphatic carbocycles. The van der Waals surface area contributed by atoms with Crippen LogP contribution >= 0.6 is 0 Å².